The molecule has 1 saturated carbocycles. The number of aromatic nitrogens is 3. The van der Waals surface area contributed by atoms with E-state index in [0.717, 1.165) is 42.5 Å². The van der Waals surface area contributed by atoms with E-state index in [1.54, 1.807) is 12.1 Å². The van der Waals surface area contributed by atoms with Crippen molar-refractivity contribution in [1.82, 2.24) is 19.7 Å². The highest BCUT2D eigenvalue weighted by Crippen LogP contribution is 2.30. The standard InChI is InChI=1S/C21H24N4O2S/c1-16-11-13-18(14-12-16)28(26,27)23-19-9-5-6-10-21(19)25-15-20(22-24-25)17-7-3-2-4-8-17/h2-4,7-8,11-15,19,21,23H,5-6,9-10H2,1H3/t19-,21-/m1/s1. The maximum absolute atomic E-state index is 12.9. The summed E-state index contributed by atoms with van der Waals surface area (Å²) in [6.07, 6.45) is 5.62. The van der Waals surface area contributed by atoms with Gasteiger partial charge >= 0.3 is 0 Å². The molecule has 3 aromatic rings. The highest BCUT2D eigenvalue weighted by atomic mass is 32.2. The summed E-state index contributed by atoms with van der Waals surface area (Å²) in [6.45, 7) is 1.94. The third-order valence-electron chi connectivity index (χ3n) is 5.29. The third kappa shape index (κ3) is 4.00. The summed E-state index contributed by atoms with van der Waals surface area (Å²) in [7, 11) is -3.57. The van der Waals surface area contributed by atoms with Gasteiger partial charge in [0.2, 0.25) is 10.0 Å². The lowest BCUT2D eigenvalue weighted by atomic mass is 9.91. The predicted octanol–water partition coefficient (Wildman–Crippen LogP) is 3.72. The highest BCUT2D eigenvalue weighted by Gasteiger charge is 2.31. The van der Waals surface area contributed by atoms with Crippen LogP contribution < -0.4 is 4.72 Å². The molecule has 1 N–H and O–H groups in total. The number of hydrogen-bond donors (Lipinski definition) is 1. The smallest absolute Gasteiger partial charge is 0.240 e. The van der Waals surface area contributed by atoms with Crippen LogP contribution in [0.15, 0.2) is 65.7 Å². The fourth-order valence-corrected chi connectivity index (χ4v) is 5.03. The SMILES string of the molecule is Cc1ccc(S(=O)(=O)N[C@@H]2CCCC[C@H]2n2cc(-c3ccccc3)nn2)cc1. The van der Waals surface area contributed by atoms with Crippen LogP contribution in [0.4, 0.5) is 0 Å². The maximum Gasteiger partial charge on any atom is 0.240 e. The molecular weight excluding hydrogens is 372 g/mol. The zero-order chi connectivity index (χ0) is 19.6. The maximum atomic E-state index is 12.9. The summed E-state index contributed by atoms with van der Waals surface area (Å²) < 4.78 is 30.5. The second kappa shape index (κ2) is 7.85. The van der Waals surface area contributed by atoms with Gasteiger partial charge in [-0.25, -0.2) is 17.8 Å². The van der Waals surface area contributed by atoms with E-state index in [1.165, 1.54) is 0 Å². The molecule has 1 aromatic heterocycles. The van der Waals surface area contributed by atoms with Gasteiger partial charge in [-0.1, -0.05) is 66.1 Å². The Morgan fingerprint density at radius 2 is 1.71 bits per heavy atom. The molecule has 0 unspecified atom stereocenters. The molecule has 0 amide bonds. The van der Waals surface area contributed by atoms with Gasteiger partial charge in [-0.15, -0.1) is 5.10 Å². The first-order valence-corrected chi connectivity index (χ1v) is 11.1. The topological polar surface area (TPSA) is 76.9 Å². The predicted molar refractivity (Wildman–Crippen MR) is 108 cm³/mol. The number of rotatable bonds is 5. The summed E-state index contributed by atoms with van der Waals surface area (Å²) in [5, 5.41) is 8.61. The second-order valence-electron chi connectivity index (χ2n) is 7.34. The number of hydrogen-bond acceptors (Lipinski definition) is 4. The summed E-state index contributed by atoms with van der Waals surface area (Å²) in [5.74, 6) is 0. The van der Waals surface area contributed by atoms with Crippen molar-refractivity contribution in [2.24, 2.45) is 0 Å². The number of nitrogens with one attached hydrogen (secondary N) is 1. The van der Waals surface area contributed by atoms with E-state index < -0.39 is 10.0 Å². The Labute approximate surface area is 165 Å². The average Bonchev–Trinajstić information content (AvgIpc) is 3.19. The molecule has 4 rings (SSSR count). The van der Waals surface area contributed by atoms with Gasteiger partial charge < -0.3 is 0 Å². The molecule has 1 aliphatic carbocycles. The van der Waals surface area contributed by atoms with Gasteiger partial charge in [-0.3, -0.25) is 0 Å². The van der Waals surface area contributed by atoms with E-state index in [-0.39, 0.29) is 12.1 Å². The molecule has 1 aliphatic rings. The van der Waals surface area contributed by atoms with Crippen molar-refractivity contribution < 1.29 is 8.42 Å². The lowest BCUT2D eigenvalue weighted by Gasteiger charge is -2.31. The molecule has 0 bridgehead atoms. The number of aryl methyl sites for hydroxylation is 1. The quantitative estimate of drug-likeness (QED) is 0.713. The van der Waals surface area contributed by atoms with E-state index in [2.05, 4.69) is 15.0 Å². The first-order chi connectivity index (χ1) is 13.5. The van der Waals surface area contributed by atoms with Gasteiger partial charge in [-0.2, -0.15) is 0 Å². The van der Waals surface area contributed by atoms with Crippen molar-refractivity contribution in [1.29, 1.82) is 0 Å². The molecule has 0 radical (unpaired) electrons. The molecule has 2 atom stereocenters. The van der Waals surface area contributed by atoms with Gasteiger partial charge in [-0.05, 0) is 31.9 Å². The normalized spacial score (nSPS) is 20.2. The zero-order valence-electron chi connectivity index (χ0n) is 15.8. The Hall–Kier alpha value is -2.51. The zero-order valence-corrected chi connectivity index (χ0v) is 16.6. The average molecular weight is 397 g/mol. The molecule has 28 heavy (non-hydrogen) atoms. The first kappa shape index (κ1) is 18.8. The number of sulfonamides is 1. The van der Waals surface area contributed by atoms with Gasteiger partial charge in [0.1, 0.15) is 5.69 Å². The lowest BCUT2D eigenvalue weighted by molar-refractivity contribution is 0.267. The van der Waals surface area contributed by atoms with Gasteiger partial charge in [0, 0.05) is 11.6 Å². The second-order valence-corrected chi connectivity index (χ2v) is 9.06. The van der Waals surface area contributed by atoms with Crippen molar-refractivity contribution in [2.45, 2.75) is 49.6 Å². The molecule has 146 valence electrons. The van der Waals surface area contributed by atoms with Gasteiger partial charge in [0.15, 0.2) is 0 Å². The van der Waals surface area contributed by atoms with Crippen LogP contribution in [0.3, 0.4) is 0 Å². The Morgan fingerprint density at radius 3 is 2.46 bits per heavy atom. The number of nitrogens with zero attached hydrogens (tertiary/aromatic N) is 3. The molecule has 1 heterocycles. The summed E-state index contributed by atoms with van der Waals surface area (Å²) in [6, 6.07) is 16.6. The van der Waals surface area contributed by atoms with Crippen LogP contribution in [0, 0.1) is 6.92 Å². The van der Waals surface area contributed by atoms with Crippen LogP contribution in [0.2, 0.25) is 0 Å². The third-order valence-corrected chi connectivity index (χ3v) is 6.79. The van der Waals surface area contributed by atoms with E-state index in [1.807, 2.05) is 60.3 Å². The molecule has 7 heteroatoms. The Kier molecular flexibility index (Phi) is 5.28. The van der Waals surface area contributed by atoms with Crippen LogP contribution in [-0.2, 0) is 10.0 Å². The molecule has 0 saturated heterocycles. The van der Waals surface area contributed by atoms with Crippen molar-refractivity contribution in [3.63, 3.8) is 0 Å². The van der Waals surface area contributed by atoms with Crippen LogP contribution in [0.5, 0.6) is 0 Å². The van der Waals surface area contributed by atoms with Crippen molar-refractivity contribution >= 4 is 10.0 Å². The van der Waals surface area contributed by atoms with Crippen LogP contribution in [0.1, 0.15) is 37.3 Å². The Bertz CT molecular complexity index is 1030. The fourth-order valence-electron chi connectivity index (χ4n) is 3.73. The van der Waals surface area contributed by atoms with Gasteiger partial charge in [0.25, 0.3) is 0 Å². The minimum absolute atomic E-state index is 0.0427. The Balaban J connectivity index is 1.57. The summed E-state index contributed by atoms with van der Waals surface area (Å²) >= 11 is 0. The molecule has 6 nitrogen and oxygen atoms in total. The van der Waals surface area contributed by atoms with E-state index >= 15 is 0 Å². The summed E-state index contributed by atoms with van der Waals surface area (Å²) in [5.41, 5.74) is 2.83. The van der Waals surface area contributed by atoms with E-state index in [4.69, 9.17) is 0 Å². The van der Waals surface area contributed by atoms with Crippen molar-refractivity contribution in [2.75, 3.05) is 0 Å². The number of benzene rings is 2. The molecule has 0 spiro atoms. The lowest BCUT2D eigenvalue weighted by Crippen LogP contribution is -2.43. The van der Waals surface area contributed by atoms with E-state index in [0.29, 0.717) is 4.90 Å². The van der Waals surface area contributed by atoms with Crippen molar-refractivity contribution in [3.05, 3.63) is 66.4 Å². The minimum Gasteiger partial charge on any atom is -0.247 e. The highest BCUT2D eigenvalue weighted by molar-refractivity contribution is 7.89. The largest absolute Gasteiger partial charge is 0.247 e. The minimum atomic E-state index is -3.57. The Morgan fingerprint density at radius 1 is 1.00 bits per heavy atom. The molecule has 2 aromatic carbocycles. The molecular formula is C21H24N4O2S. The summed E-state index contributed by atoms with van der Waals surface area (Å²) in [4.78, 5) is 0.297. The fraction of sp³-hybridized carbons (Fsp3) is 0.333. The molecule has 0 aliphatic heterocycles. The van der Waals surface area contributed by atoms with Crippen LogP contribution in [-0.4, -0.2) is 29.5 Å². The molecule has 1 fully saturated rings. The first-order valence-electron chi connectivity index (χ1n) is 9.59. The monoisotopic (exact) mass is 396 g/mol. The van der Waals surface area contributed by atoms with Crippen LogP contribution >= 0.6 is 0 Å². The van der Waals surface area contributed by atoms with Gasteiger partial charge in [0.05, 0.1) is 17.1 Å². The van der Waals surface area contributed by atoms with E-state index in [9.17, 15) is 8.42 Å². The van der Waals surface area contributed by atoms with Crippen molar-refractivity contribution in [3.8, 4) is 11.3 Å². The van der Waals surface area contributed by atoms with Crippen LogP contribution in [0.25, 0.3) is 11.3 Å².